The van der Waals surface area contributed by atoms with Gasteiger partial charge < -0.3 is 19.9 Å². The average molecular weight is 377 g/mol. The van der Waals surface area contributed by atoms with E-state index < -0.39 is 0 Å². The van der Waals surface area contributed by atoms with Gasteiger partial charge in [0, 0.05) is 39.0 Å². The second kappa shape index (κ2) is 8.33. The van der Waals surface area contributed by atoms with Gasteiger partial charge in [-0.2, -0.15) is 0 Å². The van der Waals surface area contributed by atoms with Crippen LogP contribution in [0.3, 0.4) is 0 Å². The summed E-state index contributed by atoms with van der Waals surface area (Å²) in [6.07, 6.45) is 1.97. The Hall–Kier alpha value is -3.02. The normalized spacial score (nSPS) is 17.3. The number of H-pyrrole nitrogens is 1. The topological polar surface area (TPSA) is 65.5 Å². The lowest BCUT2D eigenvalue weighted by molar-refractivity contribution is 0.414. The highest BCUT2D eigenvalue weighted by Crippen LogP contribution is 2.28. The van der Waals surface area contributed by atoms with E-state index in [9.17, 15) is 0 Å². The standard InChI is InChI=1S/C22H27N5O/c1-23-22(24-13-11-21-25-19-5-3-4-6-20(19)26-21)27-14-12-17(15-27)16-7-9-18(28-2)10-8-16/h3-10,17H,11-15H2,1-2H3,(H,23,24)(H,25,26). The van der Waals surface area contributed by atoms with Gasteiger partial charge in [0.15, 0.2) is 5.96 Å². The number of hydrogen-bond acceptors (Lipinski definition) is 3. The van der Waals surface area contributed by atoms with Gasteiger partial charge >= 0.3 is 0 Å². The molecule has 146 valence electrons. The largest absolute Gasteiger partial charge is 0.497 e. The van der Waals surface area contributed by atoms with Gasteiger partial charge in [-0.15, -0.1) is 0 Å². The van der Waals surface area contributed by atoms with Crippen molar-refractivity contribution < 1.29 is 4.74 Å². The molecule has 4 rings (SSSR count). The molecule has 1 aromatic heterocycles. The number of imidazole rings is 1. The molecule has 2 aromatic carbocycles. The van der Waals surface area contributed by atoms with Crippen molar-refractivity contribution in [2.45, 2.75) is 18.8 Å². The molecule has 1 saturated heterocycles. The molecule has 0 spiro atoms. The third-order valence-corrected chi connectivity index (χ3v) is 5.37. The Bertz CT molecular complexity index is 914. The lowest BCUT2D eigenvalue weighted by Gasteiger charge is -2.21. The SMILES string of the molecule is CN=C(NCCc1nc2ccccc2[nH]1)N1CCC(c2ccc(OC)cc2)C1. The van der Waals surface area contributed by atoms with Crippen LogP contribution in [-0.2, 0) is 6.42 Å². The fraction of sp³-hybridized carbons (Fsp3) is 0.364. The average Bonchev–Trinajstić information content (AvgIpc) is 3.38. The van der Waals surface area contributed by atoms with E-state index in [-0.39, 0.29) is 0 Å². The summed E-state index contributed by atoms with van der Waals surface area (Å²) in [5.41, 5.74) is 3.47. The predicted molar refractivity (Wildman–Crippen MR) is 113 cm³/mol. The van der Waals surface area contributed by atoms with Gasteiger partial charge in [0.05, 0.1) is 18.1 Å². The molecular weight excluding hydrogens is 350 g/mol. The molecule has 2 heterocycles. The van der Waals surface area contributed by atoms with E-state index >= 15 is 0 Å². The molecule has 0 aliphatic carbocycles. The number of fused-ring (bicyclic) bond motifs is 1. The Morgan fingerprint density at radius 2 is 2.07 bits per heavy atom. The summed E-state index contributed by atoms with van der Waals surface area (Å²) in [4.78, 5) is 14.8. The molecule has 0 bridgehead atoms. The van der Waals surface area contributed by atoms with Crippen LogP contribution in [0.25, 0.3) is 11.0 Å². The minimum absolute atomic E-state index is 0.528. The number of aromatic amines is 1. The monoisotopic (exact) mass is 377 g/mol. The van der Waals surface area contributed by atoms with Crippen LogP contribution >= 0.6 is 0 Å². The van der Waals surface area contributed by atoms with Gasteiger partial charge in [0.25, 0.3) is 0 Å². The van der Waals surface area contributed by atoms with Gasteiger partial charge in [-0.3, -0.25) is 4.99 Å². The molecule has 1 fully saturated rings. The predicted octanol–water partition coefficient (Wildman–Crippen LogP) is 3.18. The number of aromatic nitrogens is 2. The summed E-state index contributed by atoms with van der Waals surface area (Å²) in [6.45, 7) is 2.80. The molecule has 0 radical (unpaired) electrons. The maximum atomic E-state index is 5.26. The number of methoxy groups -OCH3 is 1. The number of ether oxygens (including phenoxy) is 1. The maximum Gasteiger partial charge on any atom is 0.193 e. The van der Waals surface area contributed by atoms with E-state index in [1.807, 2.05) is 37.4 Å². The van der Waals surface area contributed by atoms with Gasteiger partial charge in [0.2, 0.25) is 0 Å². The number of nitrogens with zero attached hydrogens (tertiary/aromatic N) is 3. The number of aliphatic imine (C=N–C) groups is 1. The van der Waals surface area contributed by atoms with Crippen LogP contribution in [-0.4, -0.2) is 54.6 Å². The Kier molecular flexibility index (Phi) is 5.46. The molecule has 1 aliphatic rings. The fourth-order valence-corrected chi connectivity index (χ4v) is 3.85. The first kappa shape index (κ1) is 18.3. The number of nitrogens with one attached hydrogen (secondary N) is 2. The zero-order chi connectivity index (χ0) is 19.3. The van der Waals surface area contributed by atoms with Crippen LogP contribution in [0.4, 0.5) is 0 Å². The fourth-order valence-electron chi connectivity index (χ4n) is 3.85. The van der Waals surface area contributed by atoms with E-state index in [0.717, 1.165) is 61.0 Å². The maximum absolute atomic E-state index is 5.26. The second-order valence-corrected chi connectivity index (χ2v) is 7.13. The smallest absolute Gasteiger partial charge is 0.193 e. The van der Waals surface area contributed by atoms with Crippen molar-refractivity contribution in [3.63, 3.8) is 0 Å². The van der Waals surface area contributed by atoms with Crippen molar-refractivity contribution in [2.24, 2.45) is 4.99 Å². The Labute approximate surface area is 165 Å². The third-order valence-electron chi connectivity index (χ3n) is 5.37. The van der Waals surface area contributed by atoms with Crippen LogP contribution in [0.2, 0.25) is 0 Å². The minimum Gasteiger partial charge on any atom is -0.497 e. The third kappa shape index (κ3) is 3.96. The first-order chi connectivity index (χ1) is 13.8. The molecule has 28 heavy (non-hydrogen) atoms. The summed E-state index contributed by atoms with van der Waals surface area (Å²) in [5, 5.41) is 3.49. The van der Waals surface area contributed by atoms with Gasteiger partial charge in [-0.1, -0.05) is 24.3 Å². The van der Waals surface area contributed by atoms with E-state index in [1.54, 1.807) is 7.11 Å². The molecule has 1 unspecified atom stereocenters. The molecular formula is C22H27N5O. The lowest BCUT2D eigenvalue weighted by atomic mass is 9.98. The lowest BCUT2D eigenvalue weighted by Crippen LogP contribution is -2.40. The zero-order valence-corrected chi connectivity index (χ0v) is 16.5. The summed E-state index contributed by atoms with van der Waals surface area (Å²) < 4.78 is 5.26. The number of guanidine groups is 1. The summed E-state index contributed by atoms with van der Waals surface area (Å²) in [6, 6.07) is 16.6. The molecule has 2 N–H and O–H groups in total. The Morgan fingerprint density at radius 1 is 1.25 bits per heavy atom. The minimum atomic E-state index is 0.528. The first-order valence-corrected chi connectivity index (χ1v) is 9.80. The van der Waals surface area contributed by atoms with Gasteiger partial charge in [-0.05, 0) is 36.2 Å². The highest BCUT2D eigenvalue weighted by molar-refractivity contribution is 5.80. The Balaban J connectivity index is 1.31. The molecule has 1 atom stereocenters. The number of benzene rings is 2. The molecule has 6 heteroatoms. The molecule has 6 nitrogen and oxygen atoms in total. The van der Waals surface area contributed by atoms with Crippen LogP contribution in [0.1, 0.15) is 23.7 Å². The van der Waals surface area contributed by atoms with Crippen molar-refractivity contribution in [1.29, 1.82) is 0 Å². The van der Waals surface area contributed by atoms with E-state index in [4.69, 9.17) is 4.74 Å². The number of likely N-dealkylation sites (tertiary alicyclic amines) is 1. The number of rotatable bonds is 5. The Morgan fingerprint density at radius 3 is 2.82 bits per heavy atom. The van der Waals surface area contributed by atoms with Crippen LogP contribution < -0.4 is 10.1 Å². The zero-order valence-electron chi connectivity index (χ0n) is 16.5. The highest BCUT2D eigenvalue weighted by atomic mass is 16.5. The van der Waals surface area contributed by atoms with E-state index in [0.29, 0.717) is 5.92 Å². The summed E-state index contributed by atoms with van der Waals surface area (Å²) in [5.74, 6) is 3.40. The van der Waals surface area contributed by atoms with Crippen LogP contribution in [0, 0.1) is 0 Å². The van der Waals surface area contributed by atoms with Crippen molar-refractivity contribution in [3.05, 3.63) is 59.9 Å². The van der Waals surface area contributed by atoms with Crippen molar-refractivity contribution >= 4 is 17.0 Å². The number of hydrogen-bond donors (Lipinski definition) is 2. The molecule has 0 amide bonds. The van der Waals surface area contributed by atoms with Crippen LogP contribution in [0.5, 0.6) is 5.75 Å². The van der Waals surface area contributed by atoms with Crippen molar-refractivity contribution in [1.82, 2.24) is 20.2 Å². The highest BCUT2D eigenvalue weighted by Gasteiger charge is 2.26. The van der Waals surface area contributed by atoms with Crippen molar-refractivity contribution in [3.8, 4) is 5.75 Å². The van der Waals surface area contributed by atoms with Crippen LogP contribution in [0.15, 0.2) is 53.5 Å². The number of para-hydroxylation sites is 2. The van der Waals surface area contributed by atoms with E-state index in [2.05, 4.69) is 43.4 Å². The summed E-state index contributed by atoms with van der Waals surface area (Å²) >= 11 is 0. The quantitative estimate of drug-likeness (QED) is 0.529. The van der Waals surface area contributed by atoms with Gasteiger partial charge in [-0.25, -0.2) is 4.98 Å². The van der Waals surface area contributed by atoms with E-state index in [1.165, 1.54) is 5.56 Å². The molecule has 0 saturated carbocycles. The first-order valence-electron chi connectivity index (χ1n) is 9.80. The molecule has 3 aromatic rings. The van der Waals surface area contributed by atoms with Crippen molar-refractivity contribution in [2.75, 3.05) is 33.8 Å². The molecule has 1 aliphatic heterocycles. The second-order valence-electron chi connectivity index (χ2n) is 7.13. The summed E-state index contributed by atoms with van der Waals surface area (Å²) in [7, 11) is 3.55. The van der Waals surface area contributed by atoms with Gasteiger partial charge in [0.1, 0.15) is 11.6 Å².